The van der Waals surface area contributed by atoms with Crippen LogP contribution in [0.3, 0.4) is 0 Å². The number of amides is 1. The number of hydrogen-bond acceptors (Lipinski definition) is 1. The maximum absolute atomic E-state index is 13.5. The number of anilines is 1. The third-order valence-corrected chi connectivity index (χ3v) is 3.98. The molecule has 24 heavy (non-hydrogen) atoms. The lowest BCUT2D eigenvalue weighted by atomic mass is 10.1. The monoisotopic (exact) mass is 341 g/mol. The second-order valence-electron chi connectivity index (χ2n) is 5.68. The Bertz CT molecular complexity index is 770. The van der Waals surface area contributed by atoms with Gasteiger partial charge in [-0.15, -0.1) is 0 Å². The Balaban J connectivity index is 1.65. The van der Waals surface area contributed by atoms with Crippen molar-refractivity contribution in [2.75, 3.05) is 5.32 Å². The molecule has 7 heteroatoms. The molecule has 0 spiro atoms. The van der Waals surface area contributed by atoms with Crippen LogP contribution < -0.4 is 5.32 Å². The topological polar surface area (TPSA) is 29.1 Å². The Morgan fingerprint density at radius 1 is 1.04 bits per heavy atom. The lowest BCUT2D eigenvalue weighted by molar-refractivity contribution is -0.137. The van der Waals surface area contributed by atoms with Crippen LogP contribution in [0.5, 0.6) is 0 Å². The van der Waals surface area contributed by atoms with E-state index in [1.54, 1.807) is 0 Å². The molecule has 3 rings (SSSR count). The molecule has 0 saturated heterocycles. The van der Waals surface area contributed by atoms with Crippen LogP contribution in [-0.2, 0) is 11.0 Å². The first-order valence-electron chi connectivity index (χ1n) is 7.19. The van der Waals surface area contributed by atoms with E-state index < -0.39 is 35.2 Å². The van der Waals surface area contributed by atoms with Gasteiger partial charge in [-0.3, -0.25) is 4.79 Å². The molecule has 0 radical (unpaired) electrons. The summed E-state index contributed by atoms with van der Waals surface area (Å²) in [5.74, 6) is -2.71. The molecule has 1 amide bonds. The van der Waals surface area contributed by atoms with Crippen LogP contribution in [0.4, 0.5) is 27.6 Å². The number of rotatable bonds is 3. The first-order chi connectivity index (χ1) is 11.3. The van der Waals surface area contributed by atoms with Crippen molar-refractivity contribution < 1.29 is 26.7 Å². The number of carbonyl (C=O) groups is 1. The quantitative estimate of drug-likeness (QED) is 0.804. The van der Waals surface area contributed by atoms with Crippen molar-refractivity contribution in [1.82, 2.24) is 0 Å². The van der Waals surface area contributed by atoms with Crippen molar-refractivity contribution in [1.29, 1.82) is 0 Å². The number of hydrogen-bond donors (Lipinski definition) is 1. The number of benzene rings is 2. The van der Waals surface area contributed by atoms with E-state index in [1.165, 1.54) is 12.1 Å². The molecule has 2 nitrogen and oxygen atoms in total. The molecule has 1 aliphatic carbocycles. The molecule has 0 bridgehead atoms. The Morgan fingerprint density at radius 2 is 1.71 bits per heavy atom. The molecule has 2 unspecified atom stereocenters. The van der Waals surface area contributed by atoms with Gasteiger partial charge >= 0.3 is 6.18 Å². The highest BCUT2D eigenvalue weighted by atomic mass is 19.4. The summed E-state index contributed by atoms with van der Waals surface area (Å²) in [6.45, 7) is 0. The van der Waals surface area contributed by atoms with E-state index in [-0.39, 0.29) is 11.6 Å². The highest BCUT2D eigenvalue weighted by Crippen LogP contribution is 2.48. The van der Waals surface area contributed by atoms with Gasteiger partial charge in [0, 0.05) is 12.0 Å². The predicted molar refractivity (Wildman–Crippen MR) is 77.3 cm³/mol. The number of alkyl halides is 3. The summed E-state index contributed by atoms with van der Waals surface area (Å²) in [4.78, 5) is 12.1. The van der Waals surface area contributed by atoms with Gasteiger partial charge in [0.1, 0.15) is 11.6 Å². The zero-order valence-electron chi connectivity index (χ0n) is 12.2. The predicted octanol–water partition coefficient (Wildman–Crippen LogP) is 4.73. The van der Waals surface area contributed by atoms with Gasteiger partial charge in [0.2, 0.25) is 5.91 Å². The minimum Gasteiger partial charge on any atom is -0.323 e. The van der Waals surface area contributed by atoms with Gasteiger partial charge in [-0.1, -0.05) is 12.1 Å². The normalized spacial score (nSPS) is 19.9. The van der Waals surface area contributed by atoms with Gasteiger partial charge in [0.15, 0.2) is 0 Å². The summed E-state index contributed by atoms with van der Waals surface area (Å²) in [6.07, 6.45) is -3.93. The van der Waals surface area contributed by atoms with Crippen molar-refractivity contribution in [2.45, 2.75) is 18.5 Å². The van der Waals surface area contributed by atoms with Crippen LogP contribution >= 0.6 is 0 Å². The Labute approximate surface area is 134 Å². The minimum absolute atomic E-state index is 0.125. The van der Waals surface area contributed by atoms with Gasteiger partial charge in [-0.25, -0.2) is 8.78 Å². The molecule has 1 saturated carbocycles. The fraction of sp³-hybridized carbons (Fsp3) is 0.235. The molecular formula is C17H12F5NO. The van der Waals surface area contributed by atoms with E-state index in [0.29, 0.717) is 18.1 Å². The van der Waals surface area contributed by atoms with E-state index >= 15 is 0 Å². The third kappa shape index (κ3) is 3.39. The van der Waals surface area contributed by atoms with Gasteiger partial charge in [0.05, 0.1) is 11.3 Å². The molecule has 1 N–H and O–H groups in total. The SMILES string of the molecule is O=C(Nc1ccc(F)cc1F)C1CC1c1ccc(C(F)(F)F)cc1. The molecule has 1 fully saturated rings. The average molecular weight is 341 g/mol. The van der Waals surface area contributed by atoms with Crippen LogP contribution in [0.1, 0.15) is 23.5 Å². The Morgan fingerprint density at radius 3 is 2.29 bits per heavy atom. The van der Waals surface area contributed by atoms with Crippen molar-refractivity contribution in [3.63, 3.8) is 0 Å². The smallest absolute Gasteiger partial charge is 0.323 e. The van der Waals surface area contributed by atoms with Crippen molar-refractivity contribution in [3.8, 4) is 0 Å². The zero-order valence-corrected chi connectivity index (χ0v) is 12.2. The second-order valence-corrected chi connectivity index (χ2v) is 5.68. The fourth-order valence-electron chi connectivity index (χ4n) is 2.59. The average Bonchev–Trinajstić information content (AvgIpc) is 3.30. The maximum Gasteiger partial charge on any atom is 0.416 e. The van der Waals surface area contributed by atoms with Crippen LogP contribution in [0.2, 0.25) is 0 Å². The van der Waals surface area contributed by atoms with E-state index in [2.05, 4.69) is 5.32 Å². The summed E-state index contributed by atoms with van der Waals surface area (Å²) < 4.78 is 63.9. The van der Waals surface area contributed by atoms with Gasteiger partial charge in [-0.2, -0.15) is 13.2 Å². The Kier molecular flexibility index (Phi) is 4.03. The van der Waals surface area contributed by atoms with Crippen LogP contribution in [-0.4, -0.2) is 5.91 Å². The van der Waals surface area contributed by atoms with Gasteiger partial charge in [0.25, 0.3) is 0 Å². The summed E-state index contributed by atoms with van der Waals surface area (Å²) >= 11 is 0. The van der Waals surface area contributed by atoms with Crippen molar-refractivity contribution in [3.05, 3.63) is 65.2 Å². The molecule has 0 aromatic heterocycles. The zero-order chi connectivity index (χ0) is 17.5. The molecule has 2 atom stereocenters. The highest BCUT2D eigenvalue weighted by Gasteiger charge is 2.44. The van der Waals surface area contributed by atoms with E-state index in [9.17, 15) is 26.7 Å². The summed E-state index contributed by atoms with van der Waals surface area (Å²) in [5.41, 5.74) is -0.247. The molecular weight excluding hydrogens is 329 g/mol. The summed E-state index contributed by atoms with van der Waals surface area (Å²) in [7, 11) is 0. The summed E-state index contributed by atoms with van der Waals surface area (Å²) in [5, 5.41) is 2.37. The Hall–Kier alpha value is -2.44. The molecule has 126 valence electrons. The molecule has 1 aliphatic rings. The van der Waals surface area contributed by atoms with E-state index in [0.717, 1.165) is 24.3 Å². The maximum atomic E-state index is 13.5. The van der Waals surface area contributed by atoms with Gasteiger partial charge in [-0.05, 0) is 42.2 Å². The first-order valence-corrected chi connectivity index (χ1v) is 7.19. The van der Waals surface area contributed by atoms with Gasteiger partial charge < -0.3 is 5.32 Å². The largest absolute Gasteiger partial charge is 0.416 e. The first kappa shape index (κ1) is 16.4. The lowest BCUT2D eigenvalue weighted by Crippen LogP contribution is -2.15. The molecule has 2 aromatic carbocycles. The third-order valence-electron chi connectivity index (χ3n) is 3.98. The highest BCUT2D eigenvalue weighted by molar-refractivity contribution is 5.95. The molecule has 0 heterocycles. The van der Waals surface area contributed by atoms with Crippen molar-refractivity contribution in [2.24, 2.45) is 5.92 Å². The number of carbonyl (C=O) groups excluding carboxylic acids is 1. The van der Waals surface area contributed by atoms with Crippen LogP contribution in [0.25, 0.3) is 0 Å². The fourth-order valence-corrected chi connectivity index (χ4v) is 2.59. The summed E-state index contributed by atoms with van der Waals surface area (Å²) in [6, 6.07) is 7.45. The lowest BCUT2D eigenvalue weighted by Gasteiger charge is -2.08. The second kappa shape index (κ2) is 5.89. The molecule has 0 aliphatic heterocycles. The van der Waals surface area contributed by atoms with Crippen molar-refractivity contribution >= 4 is 11.6 Å². The van der Waals surface area contributed by atoms with E-state index in [1.807, 2.05) is 0 Å². The minimum atomic E-state index is -4.40. The van der Waals surface area contributed by atoms with Crippen LogP contribution in [0, 0.1) is 17.6 Å². The van der Waals surface area contributed by atoms with E-state index in [4.69, 9.17) is 0 Å². The van der Waals surface area contributed by atoms with Crippen LogP contribution in [0.15, 0.2) is 42.5 Å². The number of nitrogens with one attached hydrogen (secondary N) is 1. The molecule has 2 aromatic rings. The standard InChI is InChI=1S/C17H12F5NO/c18-11-5-6-15(14(19)7-11)23-16(24)13-8-12(13)9-1-3-10(4-2-9)17(20,21)22/h1-7,12-13H,8H2,(H,23,24). The number of halogens is 5.